The van der Waals surface area contributed by atoms with Gasteiger partial charge in [0.1, 0.15) is 0 Å². The lowest BCUT2D eigenvalue weighted by Gasteiger charge is -2.32. The van der Waals surface area contributed by atoms with Gasteiger partial charge in [0.15, 0.2) is 0 Å². The summed E-state index contributed by atoms with van der Waals surface area (Å²) in [4.78, 5) is 29.3. The molecule has 1 fully saturated rings. The summed E-state index contributed by atoms with van der Waals surface area (Å²) in [6, 6.07) is 14.7. The van der Waals surface area contributed by atoms with E-state index in [1.54, 1.807) is 12.1 Å². The average molecular weight is 366 g/mol. The zero-order chi connectivity index (χ0) is 19.2. The van der Waals surface area contributed by atoms with E-state index in [1.807, 2.05) is 41.3 Å². The number of nitrogens with zero attached hydrogens (tertiary/aromatic N) is 2. The Morgan fingerprint density at radius 3 is 2.41 bits per heavy atom. The summed E-state index contributed by atoms with van der Waals surface area (Å²) >= 11 is 0. The SMILES string of the molecule is CN1CCN(C(=O)c2ccccc2NC(=O)CCc2ccccc2N)CC1. The minimum absolute atomic E-state index is 0.0358. The molecule has 3 N–H and O–H groups in total. The quantitative estimate of drug-likeness (QED) is 0.796. The van der Waals surface area contributed by atoms with Gasteiger partial charge >= 0.3 is 0 Å². The van der Waals surface area contributed by atoms with Gasteiger partial charge in [0, 0.05) is 38.3 Å². The molecule has 142 valence electrons. The second kappa shape index (κ2) is 8.68. The summed E-state index contributed by atoms with van der Waals surface area (Å²) in [5.41, 5.74) is 8.67. The van der Waals surface area contributed by atoms with Gasteiger partial charge in [0.05, 0.1) is 11.3 Å². The van der Waals surface area contributed by atoms with E-state index in [-0.39, 0.29) is 11.8 Å². The number of aryl methyl sites for hydroxylation is 1. The van der Waals surface area contributed by atoms with Crippen molar-refractivity contribution in [3.05, 3.63) is 59.7 Å². The number of amides is 2. The molecule has 0 aliphatic carbocycles. The highest BCUT2D eigenvalue weighted by atomic mass is 16.2. The molecule has 0 saturated carbocycles. The van der Waals surface area contributed by atoms with Gasteiger partial charge in [-0.15, -0.1) is 0 Å². The number of anilines is 2. The molecule has 0 atom stereocenters. The van der Waals surface area contributed by atoms with E-state index < -0.39 is 0 Å². The molecule has 1 saturated heterocycles. The van der Waals surface area contributed by atoms with Gasteiger partial charge in [-0.3, -0.25) is 9.59 Å². The van der Waals surface area contributed by atoms with E-state index >= 15 is 0 Å². The Balaban J connectivity index is 1.64. The lowest BCUT2D eigenvalue weighted by molar-refractivity contribution is -0.116. The average Bonchev–Trinajstić information content (AvgIpc) is 2.68. The third kappa shape index (κ3) is 4.86. The first kappa shape index (κ1) is 18.9. The van der Waals surface area contributed by atoms with Crippen LogP contribution in [0.5, 0.6) is 0 Å². The fourth-order valence-corrected chi connectivity index (χ4v) is 3.18. The number of carbonyl (C=O) groups excluding carboxylic acids is 2. The normalized spacial score (nSPS) is 14.8. The Morgan fingerprint density at radius 1 is 1.00 bits per heavy atom. The number of nitrogen functional groups attached to an aromatic ring is 1. The van der Waals surface area contributed by atoms with Crippen LogP contribution in [0.25, 0.3) is 0 Å². The molecule has 2 aromatic rings. The number of likely N-dealkylation sites (N-methyl/N-ethyl adjacent to an activating group) is 1. The van der Waals surface area contributed by atoms with E-state index in [2.05, 4.69) is 17.3 Å². The molecule has 0 spiro atoms. The van der Waals surface area contributed by atoms with Gasteiger partial charge in [0.2, 0.25) is 5.91 Å². The number of nitrogens with two attached hydrogens (primary N) is 1. The first-order chi connectivity index (χ1) is 13.0. The van der Waals surface area contributed by atoms with Crippen molar-refractivity contribution in [1.29, 1.82) is 0 Å². The van der Waals surface area contributed by atoms with Crippen LogP contribution in [0.1, 0.15) is 22.3 Å². The zero-order valence-electron chi connectivity index (χ0n) is 15.6. The Morgan fingerprint density at radius 2 is 1.67 bits per heavy atom. The van der Waals surface area contributed by atoms with Crippen molar-refractivity contribution in [3.63, 3.8) is 0 Å². The van der Waals surface area contributed by atoms with Gasteiger partial charge in [-0.25, -0.2) is 0 Å². The van der Waals surface area contributed by atoms with E-state index in [0.717, 1.165) is 18.7 Å². The summed E-state index contributed by atoms with van der Waals surface area (Å²) in [5, 5.41) is 2.89. The second-order valence-electron chi connectivity index (χ2n) is 6.89. The number of para-hydroxylation sites is 2. The number of hydrogen-bond donors (Lipinski definition) is 2. The standard InChI is InChI=1S/C21H26N4O2/c1-24-12-14-25(15-13-24)21(27)17-7-3-5-9-19(17)23-20(26)11-10-16-6-2-4-8-18(16)22/h2-9H,10-15,22H2,1H3,(H,23,26). The van der Waals surface area contributed by atoms with Crippen LogP contribution in [0.3, 0.4) is 0 Å². The Bertz CT molecular complexity index is 813. The van der Waals surface area contributed by atoms with Crippen molar-refractivity contribution < 1.29 is 9.59 Å². The van der Waals surface area contributed by atoms with Crippen LogP contribution in [-0.4, -0.2) is 54.8 Å². The molecule has 6 heteroatoms. The number of rotatable bonds is 5. The Kier molecular flexibility index (Phi) is 6.08. The molecule has 27 heavy (non-hydrogen) atoms. The minimum atomic E-state index is -0.128. The Hall–Kier alpha value is -2.86. The van der Waals surface area contributed by atoms with Crippen LogP contribution >= 0.6 is 0 Å². The molecule has 2 aromatic carbocycles. The second-order valence-corrected chi connectivity index (χ2v) is 6.89. The first-order valence-electron chi connectivity index (χ1n) is 9.24. The maximum Gasteiger partial charge on any atom is 0.256 e. The van der Waals surface area contributed by atoms with Crippen molar-refractivity contribution in [2.45, 2.75) is 12.8 Å². The van der Waals surface area contributed by atoms with Crippen LogP contribution in [0.4, 0.5) is 11.4 Å². The van der Waals surface area contributed by atoms with Crippen LogP contribution in [0.15, 0.2) is 48.5 Å². The summed E-state index contributed by atoms with van der Waals surface area (Å²) in [6.07, 6.45) is 0.873. The van der Waals surface area contributed by atoms with Crippen LogP contribution in [0.2, 0.25) is 0 Å². The maximum absolute atomic E-state index is 12.9. The third-order valence-corrected chi connectivity index (χ3v) is 4.90. The molecule has 1 aliphatic heterocycles. The highest BCUT2D eigenvalue weighted by molar-refractivity contribution is 6.03. The van der Waals surface area contributed by atoms with Crippen molar-refractivity contribution in [2.24, 2.45) is 0 Å². The van der Waals surface area contributed by atoms with Gasteiger partial charge in [-0.05, 0) is 37.2 Å². The fraction of sp³-hybridized carbons (Fsp3) is 0.333. The maximum atomic E-state index is 12.9. The van der Waals surface area contributed by atoms with E-state index in [1.165, 1.54) is 0 Å². The summed E-state index contributed by atoms with van der Waals surface area (Å²) in [5.74, 6) is -0.164. The number of carbonyl (C=O) groups is 2. The highest BCUT2D eigenvalue weighted by Crippen LogP contribution is 2.19. The molecule has 0 radical (unpaired) electrons. The predicted octanol–water partition coefficient (Wildman–Crippen LogP) is 2.23. The summed E-state index contributed by atoms with van der Waals surface area (Å²) in [7, 11) is 2.05. The van der Waals surface area contributed by atoms with E-state index in [0.29, 0.717) is 42.9 Å². The fourth-order valence-electron chi connectivity index (χ4n) is 3.18. The smallest absolute Gasteiger partial charge is 0.256 e. The third-order valence-electron chi connectivity index (χ3n) is 4.90. The van der Waals surface area contributed by atoms with Gasteiger partial charge in [-0.1, -0.05) is 30.3 Å². The van der Waals surface area contributed by atoms with Gasteiger partial charge in [0.25, 0.3) is 5.91 Å². The lowest BCUT2D eigenvalue weighted by atomic mass is 10.1. The van der Waals surface area contributed by atoms with Crippen molar-refractivity contribution in [2.75, 3.05) is 44.3 Å². The lowest BCUT2D eigenvalue weighted by Crippen LogP contribution is -2.47. The largest absolute Gasteiger partial charge is 0.399 e. The van der Waals surface area contributed by atoms with Crippen molar-refractivity contribution in [3.8, 4) is 0 Å². The molecule has 1 aliphatic rings. The molecule has 2 amide bonds. The van der Waals surface area contributed by atoms with Crippen LogP contribution in [-0.2, 0) is 11.2 Å². The van der Waals surface area contributed by atoms with Crippen molar-refractivity contribution in [1.82, 2.24) is 9.80 Å². The topological polar surface area (TPSA) is 78.7 Å². The zero-order valence-corrected chi connectivity index (χ0v) is 15.6. The van der Waals surface area contributed by atoms with E-state index in [9.17, 15) is 9.59 Å². The van der Waals surface area contributed by atoms with Crippen molar-refractivity contribution >= 4 is 23.2 Å². The molecular formula is C21H26N4O2. The highest BCUT2D eigenvalue weighted by Gasteiger charge is 2.22. The predicted molar refractivity (Wildman–Crippen MR) is 108 cm³/mol. The monoisotopic (exact) mass is 366 g/mol. The van der Waals surface area contributed by atoms with Gasteiger partial charge in [-0.2, -0.15) is 0 Å². The number of piperazine rings is 1. The molecular weight excluding hydrogens is 340 g/mol. The molecule has 0 bridgehead atoms. The molecule has 1 heterocycles. The van der Waals surface area contributed by atoms with Crippen LogP contribution in [0, 0.1) is 0 Å². The summed E-state index contributed by atoms with van der Waals surface area (Å²) in [6.45, 7) is 3.12. The van der Waals surface area contributed by atoms with E-state index in [4.69, 9.17) is 5.73 Å². The molecule has 0 unspecified atom stereocenters. The molecule has 6 nitrogen and oxygen atoms in total. The molecule has 0 aromatic heterocycles. The van der Waals surface area contributed by atoms with Gasteiger partial charge < -0.3 is 20.9 Å². The summed E-state index contributed by atoms with van der Waals surface area (Å²) < 4.78 is 0. The first-order valence-corrected chi connectivity index (χ1v) is 9.24. The number of nitrogens with one attached hydrogen (secondary N) is 1. The number of hydrogen-bond acceptors (Lipinski definition) is 4. The molecule has 3 rings (SSSR count). The minimum Gasteiger partial charge on any atom is -0.399 e. The Labute approximate surface area is 159 Å². The van der Waals surface area contributed by atoms with Crippen LogP contribution < -0.4 is 11.1 Å². The number of benzene rings is 2.